The number of nitrogens with zero attached hydrogens (tertiary/aromatic N) is 2. The Morgan fingerprint density at radius 1 is 1.36 bits per heavy atom. The summed E-state index contributed by atoms with van der Waals surface area (Å²) in [6.07, 6.45) is 0.587. The second-order valence-corrected chi connectivity index (χ2v) is 7.21. The second kappa shape index (κ2) is 7.97. The van der Waals surface area contributed by atoms with Crippen molar-refractivity contribution in [2.45, 2.75) is 33.7 Å². The van der Waals surface area contributed by atoms with E-state index < -0.39 is 0 Å². The minimum absolute atomic E-state index is 0.0677. The molecule has 25 heavy (non-hydrogen) atoms. The van der Waals surface area contributed by atoms with E-state index in [9.17, 15) is 9.18 Å². The standard InChI is InChI=1S/C18H23ClFN3O2/c1-12-15(17(25)21-11-18(2,3)8-9-24)16(19)23(22-12)10-13-4-6-14(20)7-5-13/h4-7,24H,8-11H2,1-3H3,(H,21,25). The van der Waals surface area contributed by atoms with E-state index in [0.717, 1.165) is 5.56 Å². The second-order valence-electron chi connectivity index (χ2n) is 6.86. The molecule has 1 heterocycles. The van der Waals surface area contributed by atoms with Crippen molar-refractivity contribution in [1.82, 2.24) is 15.1 Å². The van der Waals surface area contributed by atoms with E-state index in [1.165, 1.54) is 16.8 Å². The molecule has 0 fully saturated rings. The third-order valence-electron chi connectivity index (χ3n) is 4.05. The van der Waals surface area contributed by atoms with Crippen molar-refractivity contribution in [3.05, 3.63) is 52.1 Å². The van der Waals surface area contributed by atoms with Gasteiger partial charge in [0.15, 0.2) is 0 Å². The first-order chi connectivity index (χ1) is 11.7. The summed E-state index contributed by atoms with van der Waals surface area (Å²) in [6.45, 7) is 6.50. The third-order valence-corrected chi connectivity index (χ3v) is 4.44. The molecular weight excluding hydrogens is 345 g/mol. The van der Waals surface area contributed by atoms with E-state index in [1.807, 2.05) is 13.8 Å². The molecule has 1 aromatic carbocycles. The van der Waals surface area contributed by atoms with E-state index >= 15 is 0 Å². The summed E-state index contributed by atoms with van der Waals surface area (Å²) >= 11 is 6.34. The van der Waals surface area contributed by atoms with Crippen LogP contribution in [0.5, 0.6) is 0 Å². The predicted molar refractivity (Wildman–Crippen MR) is 95.3 cm³/mol. The number of aromatic nitrogens is 2. The summed E-state index contributed by atoms with van der Waals surface area (Å²) in [5.74, 6) is -0.601. The monoisotopic (exact) mass is 367 g/mol. The van der Waals surface area contributed by atoms with Crippen LogP contribution in [0.4, 0.5) is 4.39 Å². The topological polar surface area (TPSA) is 67.2 Å². The fourth-order valence-electron chi connectivity index (χ4n) is 2.48. The lowest BCUT2D eigenvalue weighted by Gasteiger charge is -2.23. The van der Waals surface area contributed by atoms with Crippen molar-refractivity contribution in [2.75, 3.05) is 13.2 Å². The van der Waals surface area contributed by atoms with Crippen LogP contribution >= 0.6 is 11.6 Å². The minimum atomic E-state index is -0.308. The van der Waals surface area contributed by atoms with Crippen LogP contribution in [-0.4, -0.2) is 33.9 Å². The Balaban J connectivity index is 2.12. The lowest BCUT2D eigenvalue weighted by molar-refractivity contribution is 0.0927. The summed E-state index contributed by atoms with van der Waals surface area (Å²) in [5, 5.41) is 16.5. The number of benzene rings is 1. The molecule has 0 aliphatic heterocycles. The number of hydrogen-bond acceptors (Lipinski definition) is 3. The molecule has 7 heteroatoms. The largest absolute Gasteiger partial charge is 0.396 e. The molecule has 0 atom stereocenters. The smallest absolute Gasteiger partial charge is 0.256 e. The normalized spacial score (nSPS) is 11.6. The molecule has 2 N–H and O–H groups in total. The Kier molecular flexibility index (Phi) is 6.19. The first-order valence-corrected chi connectivity index (χ1v) is 8.48. The number of carbonyl (C=O) groups excluding carboxylic acids is 1. The van der Waals surface area contributed by atoms with Crippen molar-refractivity contribution >= 4 is 17.5 Å². The van der Waals surface area contributed by atoms with Crippen LogP contribution in [0.15, 0.2) is 24.3 Å². The zero-order chi connectivity index (χ0) is 18.6. The molecular formula is C18H23ClFN3O2. The van der Waals surface area contributed by atoms with E-state index in [4.69, 9.17) is 16.7 Å². The number of rotatable bonds is 7. The van der Waals surface area contributed by atoms with Crippen molar-refractivity contribution < 1.29 is 14.3 Å². The minimum Gasteiger partial charge on any atom is -0.396 e. The van der Waals surface area contributed by atoms with Crippen LogP contribution in [0.3, 0.4) is 0 Å². The maximum absolute atomic E-state index is 13.0. The molecule has 0 unspecified atom stereocenters. The van der Waals surface area contributed by atoms with E-state index in [1.54, 1.807) is 19.1 Å². The van der Waals surface area contributed by atoms with Crippen LogP contribution in [0.1, 0.15) is 41.9 Å². The van der Waals surface area contributed by atoms with Gasteiger partial charge in [0, 0.05) is 13.2 Å². The van der Waals surface area contributed by atoms with E-state index in [-0.39, 0.29) is 28.9 Å². The van der Waals surface area contributed by atoms with Gasteiger partial charge in [0.25, 0.3) is 5.91 Å². The number of nitrogens with one attached hydrogen (secondary N) is 1. The molecule has 0 radical (unpaired) electrons. The molecule has 0 aliphatic carbocycles. The van der Waals surface area contributed by atoms with Gasteiger partial charge in [-0.25, -0.2) is 9.07 Å². The third kappa shape index (κ3) is 5.03. The zero-order valence-electron chi connectivity index (χ0n) is 14.6. The SMILES string of the molecule is Cc1nn(Cc2ccc(F)cc2)c(Cl)c1C(=O)NCC(C)(C)CCO. The van der Waals surface area contributed by atoms with Gasteiger partial charge in [0.1, 0.15) is 11.0 Å². The summed E-state index contributed by atoms with van der Waals surface area (Å²) < 4.78 is 14.5. The molecule has 0 saturated carbocycles. The van der Waals surface area contributed by atoms with Crippen LogP contribution in [0.25, 0.3) is 0 Å². The van der Waals surface area contributed by atoms with Crippen molar-refractivity contribution in [2.24, 2.45) is 5.41 Å². The van der Waals surface area contributed by atoms with Crippen molar-refractivity contribution in [3.8, 4) is 0 Å². The van der Waals surface area contributed by atoms with Crippen LogP contribution < -0.4 is 5.32 Å². The van der Waals surface area contributed by atoms with Gasteiger partial charge in [-0.3, -0.25) is 4.79 Å². The Bertz CT molecular complexity index is 742. The molecule has 136 valence electrons. The Labute approximate surface area is 151 Å². The summed E-state index contributed by atoms with van der Waals surface area (Å²) in [4.78, 5) is 12.5. The fourth-order valence-corrected chi connectivity index (χ4v) is 2.80. The predicted octanol–water partition coefficient (Wildman–Crippen LogP) is 3.17. The number of amides is 1. The van der Waals surface area contributed by atoms with Gasteiger partial charge < -0.3 is 10.4 Å². The number of aliphatic hydroxyl groups excluding tert-OH is 1. The average molecular weight is 368 g/mol. The van der Waals surface area contributed by atoms with Crippen LogP contribution in [0.2, 0.25) is 5.15 Å². The lowest BCUT2D eigenvalue weighted by atomic mass is 9.89. The molecule has 0 aliphatic rings. The van der Waals surface area contributed by atoms with Gasteiger partial charge in [0.05, 0.1) is 17.8 Å². The van der Waals surface area contributed by atoms with Crippen LogP contribution in [0, 0.1) is 18.2 Å². The lowest BCUT2D eigenvalue weighted by Crippen LogP contribution is -2.34. The zero-order valence-corrected chi connectivity index (χ0v) is 15.4. The molecule has 1 amide bonds. The van der Waals surface area contributed by atoms with E-state index in [0.29, 0.717) is 30.8 Å². The van der Waals surface area contributed by atoms with Crippen LogP contribution in [-0.2, 0) is 6.54 Å². The Morgan fingerprint density at radius 2 is 2.00 bits per heavy atom. The summed E-state index contributed by atoms with van der Waals surface area (Å²) in [5.41, 5.74) is 1.49. The molecule has 0 spiro atoms. The fraction of sp³-hybridized carbons (Fsp3) is 0.444. The number of aliphatic hydroxyl groups is 1. The summed E-state index contributed by atoms with van der Waals surface area (Å²) in [6, 6.07) is 6.05. The highest BCUT2D eigenvalue weighted by molar-refractivity contribution is 6.33. The number of aryl methyl sites for hydroxylation is 1. The van der Waals surface area contributed by atoms with Gasteiger partial charge in [-0.15, -0.1) is 0 Å². The highest BCUT2D eigenvalue weighted by Crippen LogP contribution is 2.22. The van der Waals surface area contributed by atoms with Gasteiger partial charge in [0.2, 0.25) is 0 Å². The Morgan fingerprint density at radius 3 is 2.60 bits per heavy atom. The van der Waals surface area contributed by atoms with E-state index in [2.05, 4.69) is 10.4 Å². The molecule has 0 saturated heterocycles. The molecule has 1 aromatic heterocycles. The first-order valence-electron chi connectivity index (χ1n) is 8.10. The van der Waals surface area contributed by atoms with Gasteiger partial charge in [-0.2, -0.15) is 5.10 Å². The van der Waals surface area contributed by atoms with Gasteiger partial charge in [-0.1, -0.05) is 37.6 Å². The maximum atomic E-state index is 13.0. The highest BCUT2D eigenvalue weighted by Gasteiger charge is 2.23. The van der Waals surface area contributed by atoms with Gasteiger partial charge in [-0.05, 0) is 36.5 Å². The summed E-state index contributed by atoms with van der Waals surface area (Å²) in [7, 11) is 0. The van der Waals surface area contributed by atoms with Crippen molar-refractivity contribution in [3.63, 3.8) is 0 Å². The number of hydrogen-bond donors (Lipinski definition) is 2. The molecule has 2 aromatic rings. The van der Waals surface area contributed by atoms with Crippen molar-refractivity contribution in [1.29, 1.82) is 0 Å². The number of carbonyl (C=O) groups is 1. The maximum Gasteiger partial charge on any atom is 0.256 e. The highest BCUT2D eigenvalue weighted by atomic mass is 35.5. The first kappa shape index (κ1) is 19.4. The average Bonchev–Trinajstić information content (AvgIpc) is 2.81. The molecule has 0 bridgehead atoms. The molecule has 5 nitrogen and oxygen atoms in total. The Hall–Kier alpha value is -1.92. The number of halogens is 2. The van der Waals surface area contributed by atoms with Gasteiger partial charge >= 0.3 is 0 Å². The quantitative estimate of drug-likeness (QED) is 0.789. The molecule has 2 rings (SSSR count).